The number of hydrogen-bond donors (Lipinski definition) is 7. The van der Waals surface area contributed by atoms with Gasteiger partial charge in [0.25, 0.3) is 17.6 Å². The van der Waals surface area contributed by atoms with Crippen molar-refractivity contribution < 1.29 is 82.7 Å². The minimum atomic E-state index is -2.47. The van der Waals surface area contributed by atoms with E-state index in [-0.39, 0.29) is 62.1 Å². The molecule has 0 unspecified atom stereocenters. The van der Waals surface area contributed by atoms with E-state index in [9.17, 15) is 44.7 Å². The second-order valence-corrected chi connectivity index (χ2v) is 22.4. The highest BCUT2D eigenvalue weighted by molar-refractivity contribution is 6.39. The molecule has 0 aromatic rings. The number of aliphatic hydroxyl groups is 5. The third-order valence-electron chi connectivity index (χ3n) is 16.1. The molecule has 2 amide bonds. The number of piperidine rings is 1. The molecule has 21 heteroatoms. The molecular formula is C59H98N4O17. The number of esters is 1. The minimum Gasteiger partial charge on any atom is -0.459 e. The summed E-state index contributed by atoms with van der Waals surface area (Å²) in [5.74, 6) is -8.01. The van der Waals surface area contributed by atoms with Crippen LogP contribution in [0.3, 0.4) is 0 Å². The maximum Gasteiger partial charge on any atom is 0.329 e. The van der Waals surface area contributed by atoms with Crippen molar-refractivity contribution >= 4 is 29.3 Å². The lowest BCUT2D eigenvalue weighted by Gasteiger charge is -2.42. The van der Waals surface area contributed by atoms with E-state index in [0.29, 0.717) is 90.8 Å². The summed E-state index contributed by atoms with van der Waals surface area (Å²) in [7, 11) is 3.09. The standard InChI is InChI=1S/C59H98N4O17/c1-10-75-26-27-77-29-28-76-25-23-61-52(66)36-78-62-53-40(5)30-37(2)16-12-11-13-17-38(3)49(73-8)34-44-21-19-42(7)59(72,80-44)56(69)57(70)63-24-15-14-18-46(63)58(71)79-50(35-48(65)39(4)31-41(6)54(67)55(53)68)45(60)32-43-20-22-47(64)51(33-43)74-9/h11-13,16-17,31,37,39-40,42-51,54-55,64-65,67-68,72H,10,14-15,18-30,32-36,60H2,1-9H3,(H,61,66)/b13-11+,16-12+,38-17+,41-31+,62-53+/t37-,39-,40-,42-,43+,44+,45-,46+,47-,48-,49+,50+,51-,54-,55+,59-/m1/s1. The van der Waals surface area contributed by atoms with Crippen molar-refractivity contribution in [3.8, 4) is 0 Å². The van der Waals surface area contributed by atoms with E-state index < -0.39 is 115 Å². The second-order valence-electron chi connectivity index (χ2n) is 22.4. The lowest BCUT2D eigenvalue weighted by Crippen LogP contribution is -2.61. The molecule has 3 heterocycles. The van der Waals surface area contributed by atoms with Gasteiger partial charge in [-0.3, -0.25) is 14.4 Å². The van der Waals surface area contributed by atoms with Gasteiger partial charge >= 0.3 is 5.97 Å². The Balaban J connectivity index is 1.65. The number of oxime groups is 1. The maximum absolute atomic E-state index is 14.5. The molecule has 2 saturated heterocycles. The Morgan fingerprint density at radius 2 is 1.55 bits per heavy atom. The largest absolute Gasteiger partial charge is 0.459 e. The van der Waals surface area contributed by atoms with Crippen LogP contribution in [0.25, 0.3) is 0 Å². The number of Topliss-reactive ketones (excluding diaryl/α,β-unsaturated/α-hetero) is 1. The number of hydrogen-bond acceptors (Lipinski definition) is 19. The van der Waals surface area contributed by atoms with Gasteiger partial charge in [-0.1, -0.05) is 69.3 Å². The van der Waals surface area contributed by atoms with Crippen molar-refractivity contribution in [3.05, 3.63) is 47.6 Å². The van der Waals surface area contributed by atoms with E-state index in [1.54, 1.807) is 34.0 Å². The topological polar surface area (TPSA) is 297 Å². The molecule has 3 aliphatic heterocycles. The monoisotopic (exact) mass is 1130 g/mol. The molecule has 0 aromatic heterocycles. The Hall–Kier alpha value is -3.97. The van der Waals surface area contributed by atoms with Crippen LogP contribution in [0.15, 0.2) is 52.8 Å². The molecule has 0 radical (unpaired) electrons. The molecule has 1 saturated carbocycles. The number of nitrogens with two attached hydrogens (primary N) is 1. The number of nitrogens with zero attached hydrogens (tertiary/aromatic N) is 2. The molecule has 1 aliphatic carbocycles. The highest BCUT2D eigenvalue weighted by Gasteiger charge is 2.53. The molecule has 4 rings (SSSR count). The van der Waals surface area contributed by atoms with Crippen molar-refractivity contribution in [2.24, 2.45) is 40.5 Å². The summed E-state index contributed by atoms with van der Waals surface area (Å²) < 4.78 is 40.0. The van der Waals surface area contributed by atoms with Crippen molar-refractivity contribution in [2.75, 3.05) is 73.6 Å². The zero-order valence-electron chi connectivity index (χ0n) is 49.1. The molecule has 4 aliphatic rings. The van der Waals surface area contributed by atoms with Crippen molar-refractivity contribution in [2.45, 2.75) is 192 Å². The van der Waals surface area contributed by atoms with Gasteiger partial charge in [-0.2, -0.15) is 0 Å². The normalized spacial score (nSPS) is 36.4. The summed E-state index contributed by atoms with van der Waals surface area (Å²) in [5, 5.41) is 65.1. The summed E-state index contributed by atoms with van der Waals surface area (Å²) in [5.41, 5.74) is 8.16. The zero-order valence-corrected chi connectivity index (χ0v) is 49.1. The predicted molar refractivity (Wildman–Crippen MR) is 300 cm³/mol. The van der Waals surface area contributed by atoms with Crippen LogP contribution in [0.1, 0.15) is 126 Å². The maximum atomic E-state index is 14.5. The van der Waals surface area contributed by atoms with Gasteiger partial charge < -0.3 is 79.5 Å². The first kappa shape index (κ1) is 68.5. The number of ketones is 1. The molecule has 21 nitrogen and oxygen atoms in total. The van der Waals surface area contributed by atoms with Crippen LogP contribution in [0.4, 0.5) is 0 Å². The third-order valence-corrected chi connectivity index (χ3v) is 16.1. The summed E-state index contributed by atoms with van der Waals surface area (Å²) in [6.07, 6.45) is 8.05. The third kappa shape index (κ3) is 21.3. The van der Waals surface area contributed by atoms with Gasteiger partial charge in [0.2, 0.25) is 5.79 Å². The number of amides is 2. The van der Waals surface area contributed by atoms with Crippen LogP contribution in [0.2, 0.25) is 0 Å². The van der Waals surface area contributed by atoms with Crippen molar-refractivity contribution in [3.63, 3.8) is 0 Å². The highest BCUT2D eigenvalue weighted by atomic mass is 16.6. The average Bonchev–Trinajstić information content (AvgIpc) is 3.53. The van der Waals surface area contributed by atoms with E-state index in [2.05, 4.69) is 10.5 Å². The van der Waals surface area contributed by atoms with Gasteiger partial charge in [0, 0.05) is 70.6 Å². The zero-order chi connectivity index (χ0) is 58.9. The summed E-state index contributed by atoms with van der Waals surface area (Å²) in [4.78, 5) is 62.6. The average molecular weight is 1140 g/mol. The fourth-order valence-electron chi connectivity index (χ4n) is 11.0. The summed E-state index contributed by atoms with van der Waals surface area (Å²) in [6.45, 7) is 14.9. The number of methoxy groups -OCH3 is 2. The number of allylic oxidation sites excluding steroid dienone is 5. The number of ether oxygens (including phenoxy) is 7. The molecule has 456 valence electrons. The molecule has 2 bridgehead atoms. The lowest BCUT2D eigenvalue weighted by atomic mass is 9.80. The van der Waals surface area contributed by atoms with Crippen molar-refractivity contribution in [1.82, 2.24) is 10.2 Å². The number of carbonyl (C=O) groups excluding carboxylic acids is 4. The van der Waals surface area contributed by atoms with Gasteiger partial charge in [0.1, 0.15) is 24.4 Å². The molecule has 0 spiro atoms. The predicted octanol–water partition coefficient (Wildman–Crippen LogP) is 4.00. The van der Waals surface area contributed by atoms with Crippen LogP contribution in [0.5, 0.6) is 0 Å². The molecule has 0 aromatic carbocycles. The van der Waals surface area contributed by atoms with E-state index in [1.165, 1.54) is 7.11 Å². The molecule has 80 heavy (non-hydrogen) atoms. The number of rotatable bonds is 18. The first-order chi connectivity index (χ1) is 38.1. The first-order valence-corrected chi connectivity index (χ1v) is 29.0. The van der Waals surface area contributed by atoms with Crippen LogP contribution in [-0.2, 0) is 57.2 Å². The van der Waals surface area contributed by atoms with E-state index in [0.717, 1.165) is 10.5 Å². The van der Waals surface area contributed by atoms with Gasteiger partial charge in [-0.25, -0.2) is 4.79 Å². The quantitative estimate of drug-likeness (QED) is 0.0336. The molecule has 8 N–H and O–H groups in total. The Morgan fingerprint density at radius 3 is 2.25 bits per heavy atom. The van der Waals surface area contributed by atoms with E-state index in [4.69, 9.17) is 43.7 Å². The van der Waals surface area contributed by atoms with Crippen LogP contribution >= 0.6 is 0 Å². The van der Waals surface area contributed by atoms with Crippen LogP contribution < -0.4 is 11.1 Å². The minimum absolute atomic E-state index is 0.0224. The van der Waals surface area contributed by atoms with Crippen molar-refractivity contribution in [1.29, 1.82) is 0 Å². The fraction of sp³-hybridized carbons (Fsp3) is 0.780. The Kier molecular flexibility index (Phi) is 30.2. The molecule has 16 atom stereocenters. The summed E-state index contributed by atoms with van der Waals surface area (Å²) in [6, 6.07) is -2.04. The SMILES string of the molecule is CCOCCOCCOCCNC(=O)CO/N=C1\[C@H](C)C[C@H](C)/C=C/C=C/C=C(\C)[C@@H](OC)C[C@@H]2CC[C@@H](C)[C@@](O)(O2)C(=O)C(=O)N2CCCC[C@H]2C(=O)O[C@H]([C@H](N)C[C@@H]2CC[C@@H](O)[C@H](OC)C2)C[C@@H](O)[C@H](C)/C=C(\C)[C@@H](O)[C@H]1O. The number of fused-ring (bicyclic) bond motifs is 3. The lowest BCUT2D eigenvalue weighted by molar-refractivity contribution is -0.265. The Morgan fingerprint density at radius 1 is 0.838 bits per heavy atom. The van der Waals surface area contributed by atoms with Crippen LogP contribution in [-0.4, -0.2) is 200 Å². The number of nitrogens with one attached hydrogen (secondary N) is 1. The van der Waals surface area contributed by atoms with Crippen LogP contribution in [0, 0.1) is 29.6 Å². The van der Waals surface area contributed by atoms with E-state index in [1.807, 2.05) is 58.1 Å². The highest BCUT2D eigenvalue weighted by Crippen LogP contribution is 2.37. The number of cyclic esters (lactones) is 1. The first-order valence-electron chi connectivity index (χ1n) is 29.0. The fourth-order valence-corrected chi connectivity index (χ4v) is 11.0. The van der Waals surface area contributed by atoms with Gasteiger partial charge in [0.15, 0.2) is 6.61 Å². The molecular weight excluding hydrogens is 1040 g/mol. The van der Waals surface area contributed by atoms with Gasteiger partial charge in [-0.15, -0.1) is 0 Å². The van der Waals surface area contributed by atoms with Gasteiger partial charge in [0.05, 0.1) is 69.3 Å². The molecule has 3 fully saturated rings. The van der Waals surface area contributed by atoms with E-state index >= 15 is 0 Å². The van der Waals surface area contributed by atoms with Gasteiger partial charge in [-0.05, 0) is 108 Å². The Labute approximate surface area is 474 Å². The smallest absolute Gasteiger partial charge is 0.329 e. The Bertz CT molecular complexity index is 2070. The second kappa shape index (κ2) is 35.2. The summed E-state index contributed by atoms with van der Waals surface area (Å²) >= 11 is 0. The number of aliphatic hydroxyl groups excluding tert-OH is 4. The number of carbonyl (C=O) groups is 4.